The Morgan fingerprint density at radius 3 is 0.827 bits per heavy atom. The lowest BCUT2D eigenvalue weighted by Gasteiger charge is -2.14. The minimum Gasteiger partial charge on any atom is -0.355 e. The van der Waals surface area contributed by atoms with Crippen LogP contribution in [-0.4, -0.2) is 52.8 Å². The van der Waals surface area contributed by atoms with Crippen molar-refractivity contribution in [2.45, 2.75) is 0 Å². The fraction of sp³-hybridized carbons (Fsp3) is 0. The number of halogens is 20. The van der Waals surface area contributed by atoms with Crippen LogP contribution in [-0.2, 0) is 0 Å². The Hall–Kier alpha value is -13.8. The lowest BCUT2D eigenvalue weighted by Crippen LogP contribution is -2.22. The van der Waals surface area contributed by atoms with E-state index in [0.29, 0.717) is 69.9 Å². The summed E-state index contributed by atoms with van der Waals surface area (Å²) in [4.78, 5) is 35.5. The number of H-pyrrole nitrogens is 6. The highest BCUT2D eigenvalue weighted by molar-refractivity contribution is 6.52. The van der Waals surface area contributed by atoms with Crippen LogP contribution < -0.4 is 31.8 Å². The van der Waals surface area contributed by atoms with E-state index in [-0.39, 0.29) is 22.8 Å². The van der Waals surface area contributed by atoms with Crippen LogP contribution in [0.1, 0.15) is 73.3 Å². The second kappa shape index (κ2) is 26.0. The Kier molecular flexibility index (Phi) is 15.3. The summed E-state index contributed by atoms with van der Waals surface area (Å²) in [7, 11) is 0. The topological polar surface area (TPSA) is 144 Å². The third-order valence-corrected chi connectivity index (χ3v) is 18.2. The summed E-state index contributed by atoms with van der Waals surface area (Å²) in [6, 6.07) is 10.1. The van der Waals surface area contributed by atoms with Gasteiger partial charge in [0, 0.05) is 100 Å². The zero-order valence-corrected chi connectivity index (χ0v) is 54.2. The number of nitrogens with zero attached hydrogens (tertiary/aromatic N) is 4. The van der Waals surface area contributed by atoms with Gasteiger partial charge in [-0.2, -0.15) is 0 Å². The van der Waals surface area contributed by atoms with Gasteiger partial charge in [0.2, 0.25) is 23.3 Å². The van der Waals surface area contributed by atoms with E-state index in [1.807, 2.05) is 0 Å². The van der Waals surface area contributed by atoms with Gasteiger partial charge in [0.05, 0.1) is 73.4 Å². The van der Waals surface area contributed by atoms with Crippen LogP contribution in [0.2, 0.25) is 0 Å². The molecule has 30 heteroatoms. The van der Waals surface area contributed by atoms with E-state index in [4.69, 9.17) is 9.98 Å². The van der Waals surface area contributed by atoms with E-state index in [0.717, 1.165) is 24.3 Å². The number of aromatic amines is 6. The minimum atomic E-state index is -2.79. The Morgan fingerprint density at radius 1 is 0.227 bits per heavy atom. The van der Waals surface area contributed by atoms with Crippen molar-refractivity contribution in [3.05, 3.63) is 384 Å². The molecule has 0 saturated carbocycles. The van der Waals surface area contributed by atoms with E-state index < -0.39 is 263 Å². The first-order valence-corrected chi connectivity index (χ1v) is 32.0. The third-order valence-electron chi connectivity index (χ3n) is 18.2. The molecular formula is C80H34F20N10. The maximum absolute atomic E-state index is 16.9. The molecule has 14 heterocycles. The van der Waals surface area contributed by atoms with E-state index in [9.17, 15) is 5.48 Å². The van der Waals surface area contributed by atoms with Crippen molar-refractivity contribution in [2.75, 3.05) is 0 Å². The van der Waals surface area contributed by atoms with Crippen LogP contribution in [0.15, 0.2) is 188 Å². The van der Waals surface area contributed by atoms with E-state index in [1.54, 1.807) is 48.6 Å². The standard InChI is InChI=1S/C80H34F20N10/c81-61-57(62(82)70(90)77(97)69(61)89)53-43-17-15-41(106-43)51-29-1-2-30(4-3-29)52(40-14-12-38(105-40)28-36-10-8-34(103-36)26-32-6-5-31(101-32)25-33-7-9-35(102-33)27-37-11-13-39(51)104-37)42-16-18-44(107-42)54(58-63(83)71(91)78(98)72(92)64(58)84)46-20-22-48(109-46)56(60-67(87)75(95)80(100)76(96)68(60)88)50-24-23-49(110-50)55(47-21-19-45(53)108-47)59-65(85)73(93)79(99)74(94)66(59)86/h1-28,101-103,108-110H/i1D,2D,3D,4D. The van der Waals surface area contributed by atoms with Crippen LogP contribution >= 0.6 is 0 Å². The average molecular weight is 1520 g/mol. The number of aliphatic imine (C=N–C) groups is 4. The van der Waals surface area contributed by atoms with Crippen LogP contribution in [0.5, 0.6) is 0 Å². The maximum atomic E-state index is 16.9. The minimum absolute atomic E-state index is 0.0908. The number of rotatable bonds is 4. The van der Waals surface area contributed by atoms with Gasteiger partial charge in [-0.3, -0.25) is 0 Å². The van der Waals surface area contributed by atoms with Crippen molar-refractivity contribution >= 4 is 80.6 Å². The van der Waals surface area contributed by atoms with Crippen molar-refractivity contribution in [3.63, 3.8) is 0 Å². The van der Waals surface area contributed by atoms with E-state index >= 15 is 87.8 Å². The molecule has 0 radical (unpaired) electrons. The molecule has 0 spiro atoms. The number of benzene rings is 5. The molecule has 8 aliphatic rings. The van der Waals surface area contributed by atoms with E-state index in [2.05, 4.69) is 39.9 Å². The van der Waals surface area contributed by atoms with Gasteiger partial charge in [-0.25, -0.2) is 108 Å². The van der Waals surface area contributed by atoms with E-state index in [1.165, 1.54) is 36.5 Å². The maximum Gasteiger partial charge on any atom is 0.200 e. The predicted octanol–water partition coefficient (Wildman–Crippen LogP) is 14.6. The summed E-state index contributed by atoms with van der Waals surface area (Å²) in [5.41, 5.74) is -19.1. The SMILES string of the molecule is [2H]c1c([2H])c2c([2H])c([2H])c1=C1C3=NC(=Cc4ccc([nH]4)C=c4ccc([nH]4)=Cc4ccc([nH]4)C=C4C=CC(=N4)C=2C2=NC(=C(c4c(F)c(F)c(F)c(F)c4F)c4ccc([nH]4)C(c4c(F)c(F)c(F)c(F)c4F)=c4ccc([nH]4)=C(c4c(F)c(F)c(F)c(F)c4F)c4ccc([nH]4)C(c4c(F)c(F)c(F)c(F)c4F)=C4C=CC1=N4)C=C2)C=C3. The molecule has 0 amide bonds. The van der Waals surface area contributed by atoms with Crippen molar-refractivity contribution < 1.29 is 93.3 Å². The zero-order chi connectivity index (χ0) is 80.4. The Morgan fingerprint density at radius 2 is 0.500 bits per heavy atom. The Balaban J connectivity index is 1.06. The van der Waals surface area contributed by atoms with Gasteiger partial charge in [-0.05, 0) is 156 Å². The smallest absolute Gasteiger partial charge is 0.200 e. The summed E-state index contributed by atoms with van der Waals surface area (Å²) < 4.78 is 362. The van der Waals surface area contributed by atoms with Crippen LogP contribution in [0.4, 0.5) is 87.8 Å². The second-order valence-corrected chi connectivity index (χ2v) is 24.8. The number of aromatic nitrogens is 6. The molecule has 10 nitrogen and oxygen atoms in total. The van der Waals surface area contributed by atoms with Gasteiger partial charge in [-0.15, -0.1) is 0 Å². The zero-order valence-electron chi connectivity index (χ0n) is 58.2. The fourth-order valence-electron chi connectivity index (χ4n) is 13.2. The van der Waals surface area contributed by atoms with Crippen molar-refractivity contribution in [1.82, 2.24) is 29.9 Å². The first-order valence-electron chi connectivity index (χ1n) is 34.0. The summed E-state index contributed by atoms with van der Waals surface area (Å²) >= 11 is 0. The molecule has 544 valence electrons. The highest BCUT2D eigenvalue weighted by atomic mass is 19.2. The number of hydrogen-bond donors (Lipinski definition) is 6. The summed E-state index contributed by atoms with van der Waals surface area (Å²) in [5, 5.41) is -2.27. The third kappa shape index (κ3) is 11.2. The molecule has 0 unspecified atom stereocenters. The van der Waals surface area contributed by atoms with Gasteiger partial charge in [-0.1, -0.05) is 24.2 Å². The summed E-state index contributed by atoms with van der Waals surface area (Å²) in [6.45, 7) is 0. The normalized spacial score (nSPS) is 15.8. The fourth-order valence-corrected chi connectivity index (χ4v) is 13.2. The number of hydrogen-bond acceptors (Lipinski definition) is 4. The molecule has 8 aliphatic heterocycles. The molecule has 5 aromatic carbocycles. The Bertz CT molecular complexity index is 6590. The molecular weight excluding hydrogens is 1480 g/mol. The van der Waals surface area contributed by atoms with Crippen LogP contribution in [0.3, 0.4) is 0 Å². The molecule has 0 fully saturated rings. The molecule has 6 N–H and O–H groups in total. The van der Waals surface area contributed by atoms with Gasteiger partial charge < -0.3 is 29.9 Å². The average Bonchev–Trinajstić information content (AvgIpc) is 1.57. The molecule has 24 bridgehead atoms. The number of nitrogens with one attached hydrogen (secondary N) is 6. The predicted molar refractivity (Wildman–Crippen MR) is 365 cm³/mol. The van der Waals surface area contributed by atoms with Crippen molar-refractivity contribution in [3.8, 4) is 0 Å². The molecule has 0 saturated heterocycles. The number of allylic oxidation sites excluding steroid dienone is 8. The van der Waals surface area contributed by atoms with Crippen LogP contribution in [0.25, 0.3) is 57.7 Å². The first-order chi connectivity index (χ1) is 54.5. The van der Waals surface area contributed by atoms with Crippen molar-refractivity contribution in [1.29, 1.82) is 0 Å². The van der Waals surface area contributed by atoms with Gasteiger partial charge in [0.25, 0.3) is 0 Å². The molecule has 0 aliphatic carbocycles. The van der Waals surface area contributed by atoms with Crippen LogP contribution in [0, 0.1) is 116 Å². The molecule has 0 atom stereocenters. The highest BCUT2D eigenvalue weighted by Gasteiger charge is 2.37. The Labute approximate surface area is 606 Å². The van der Waals surface area contributed by atoms with Crippen molar-refractivity contribution in [2.24, 2.45) is 20.0 Å². The molecule has 6 aromatic heterocycles. The second-order valence-electron chi connectivity index (χ2n) is 24.8. The lowest BCUT2D eigenvalue weighted by molar-refractivity contribution is 0.376. The highest BCUT2D eigenvalue weighted by Crippen LogP contribution is 2.42. The van der Waals surface area contributed by atoms with Gasteiger partial charge in [0.15, 0.2) is 93.1 Å². The summed E-state index contributed by atoms with van der Waals surface area (Å²) in [5.74, 6) is -53.4. The molecule has 19 rings (SSSR count). The molecule has 110 heavy (non-hydrogen) atoms. The monoisotopic (exact) mass is 1520 g/mol. The largest absolute Gasteiger partial charge is 0.355 e. The summed E-state index contributed by atoms with van der Waals surface area (Å²) in [6.07, 6.45) is 15.6. The van der Waals surface area contributed by atoms with Gasteiger partial charge >= 0.3 is 0 Å². The lowest BCUT2D eigenvalue weighted by atomic mass is 9.98. The first kappa shape index (κ1) is 64.6. The molecule has 11 aromatic rings. The van der Waals surface area contributed by atoms with Gasteiger partial charge in [0.1, 0.15) is 0 Å². The quantitative estimate of drug-likeness (QED) is 0.0567.